The molecule has 0 atom stereocenters. The highest BCUT2D eigenvalue weighted by molar-refractivity contribution is 5.83. The Morgan fingerprint density at radius 3 is 2.28 bits per heavy atom. The number of aromatic nitrogens is 3. The quantitative estimate of drug-likeness (QED) is 0.529. The SMILES string of the molecule is CCc1ccc(-n2nc(C)c3c(C)cc(=O)n(Cc4ccc(C#N)cc4)c32)cc1. The summed E-state index contributed by atoms with van der Waals surface area (Å²) in [5.74, 6) is 0. The van der Waals surface area contributed by atoms with Crippen molar-refractivity contribution in [3.63, 3.8) is 0 Å². The third-order valence-electron chi connectivity index (χ3n) is 5.30. The van der Waals surface area contributed by atoms with E-state index in [1.807, 2.05) is 42.8 Å². The Balaban J connectivity index is 1.93. The number of hydrogen-bond donors (Lipinski definition) is 0. The minimum Gasteiger partial charge on any atom is -0.288 e. The molecule has 2 heterocycles. The van der Waals surface area contributed by atoms with Gasteiger partial charge in [0, 0.05) is 11.5 Å². The summed E-state index contributed by atoms with van der Waals surface area (Å²) in [6.45, 7) is 6.47. The third kappa shape index (κ3) is 3.34. The van der Waals surface area contributed by atoms with Crippen LogP contribution in [0.1, 0.15) is 34.9 Å². The van der Waals surface area contributed by atoms with Gasteiger partial charge < -0.3 is 0 Å². The molecule has 0 saturated heterocycles. The van der Waals surface area contributed by atoms with E-state index < -0.39 is 0 Å². The number of nitrogens with zero attached hydrogens (tertiary/aromatic N) is 4. The summed E-state index contributed by atoms with van der Waals surface area (Å²) in [6.07, 6.45) is 0.974. The normalized spacial score (nSPS) is 11.0. The number of aryl methyl sites for hydroxylation is 3. The Bertz CT molecular complexity index is 1290. The molecule has 0 aliphatic rings. The molecule has 0 amide bonds. The molecule has 2 aromatic carbocycles. The summed E-state index contributed by atoms with van der Waals surface area (Å²) >= 11 is 0. The average Bonchev–Trinajstić information content (AvgIpc) is 3.09. The zero-order valence-corrected chi connectivity index (χ0v) is 16.8. The van der Waals surface area contributed by atoms with E-state index >= 15 is 0 Å². The second-order valence-electron chi connectivity index (χ2n) is 7.28. The maximum absolute atomic E-state index is 12.9. The predicted molar refractivity (Wildman–Crippen MR) is 114 cm³/mol. The van der Waals surface area contributed by atoms with Crippen LogP contribution in [-0.2, 0) is 13.0 Å². The number of fused-ring (bicyclic) bond motifs is 1. The van der Waals surface area contributed by atoms with E-state index in [2.05, 4.69) is 25.1 Å². The number of nitriles is 1. The van der Waals surface area contributed by atoms with E-state index in [1.54, 1.807) is 22.8 Å². The average molecular weight is 382 g/mol. The third-order valence-corrected chi connectivity index (χ3v) is 5.30. The second-order valence-corrected chi connectivity index (χ2v) is 7.28. The minimum atomic E-state index is -0.0642. The van der Waals surface area contributed by atoms with Gasteiger partial charge in [-0.15, -0.1) is 0 Å². The van der Waals surface area contributed by atoms with Gasteiger partial charge in [0.25, 0.3) is 5.56 Å². The molecule has 0 radical (unpaired) electrons. The van der Waals surface area contributed by atoms with Gasteiger partial charge in [-0.3, -0.25) is 9.36 Å². The fourth-order valence-electron chi connectivity index (χ4n) is 3.74. The van der Waals surface area contributed by atoms with Crippen LogP contribution in [0.15, 0.2) is 59.4 Å². The Morgan fingerprint density at radius 1 is 1.00 bits per heavy atom. The van der Waals surface area contributed by atoms with E-state index in [-0.39, 0.29) is 5.56 Å². The van der Waals surface area contributed by atoms with E-state index in [0.717, 1.165) is 40.0 Å². The first-order valence-corrected chi connectivity index (χ1v) is 9.70. The van der Waals surface area contributed by atoms with Crippen molar-refractivity contribution in [2.75, 3.05) is 0 Å². The van der Waals surface area contributed by atoms with Crippen LogP contribution < -0.4 is 5.56 Å². The Hall–Kier alpha value is -3.65. The van der Waals surface area contributed by atoms with E-state index in [9.17, 15) is 4.79 Å². The monoisotopic (exact) mass is 382 g/mol. The molecule has 0 fully saturated rings. The summed E-state index contributed by atoms with van der Waals surface area (Å²) in [4.78, 5) is 12.9. The van der Waals surface area contributed by atoms with Gasteiger partial charge in [-0.25, -0.2) is 4.68 Å². The van der Waals surface area contributed by atoms with E-state index in [1.165, 1.54) is 5.56 Å². The van der Waals surface area contributed by atoms with Crippen LogP contribution in [0.5, 0.6) is 0 Å². The van der Waals surface area contributed by atoms with Crippen LogP contribution in [0.25, 0.3) is 16.7 Å². The predicted octanol–water partition coefficient (Wildman–Crippen LogP) is 4.29. The highest BCUT2D eigenvalue weighted by atomic mass is 16.1. The zero-order valence-electron chi connectivity index (χ0n) is 16.8. The summed E-state index contributed by atoms with van der Waals surface area (Å²) < 4.78 is 3.62. The molecule has 29 heavy (non-hydrogen) atoms. The van der Waals surface area contributed by atoms with Crippen molar-refractivity contribution in [2.45, 2.75) is 33.7 Å². The summed E-state index contributed by atoms with van der Waals surface area (Å²) in [6, 6.07) is 19.4. The standard InChI is InChI=1S/C24H22N4O/c1-4-18-9-11-21(12-10-18)28-24-23(17(3)26-28)16(2)13-22(29)27(24)15-20-7-5-19(14-25)6-8-20/h5-13H,4,15H2,1-3H3. The van der Waals surface area contributed by atoms with Gasteiger partial charge in [-0.05, 0) is 61.2 Å². The molecule has 5 nitrogen and oxygen atoms in total. The second kappa shape index (κ2) is 7.40. The molecule has 2 aromatic heterocycles. The van der Waals surface area contributed by atoms with Crippen LogP contribution in [-0.4, -0.2) is 14.3 Å². The fourth-order valence-corrected chi connectivity index (χ4v) is 3.74. The van der Waals surface area contributed by atoms with Gasteiger partial charge in [0.2, 0.25) is 0 Å². The molecule has 0 N–H and O–H groups in total. The maximum atomic E-state index is 12.9. The van der Waals surface area contributed by atoms with Crippen LogP contribution in [0.2, 0.25) is 0 Å². The fraction of sp³-hybridized carbons (Fsp3) is 0.208. The highest BCUT2D eigenvalue weighted by Gasteiger charge is 2.17. The van der Waals surface area contributed by atoms with Crippen molar-refractivity contribution >= 4 is 11.0 Å². The lowest BCUT2D eigenvalue weighted by Gasteiger charge is -2.13. The van der Waals surface area contributed by atoms with Gasteiger partial charge >= 0.3 is 0 Å². The van der Waals surface area contributed by atoms with Crippen LogP contribution in [0.4, 0.5) is 0 Å². The lowest BCUT2D eigenvalue weighted by atomic mass is 10.1. The lowest BCUT2D eigenvalue weighted by molar-refractivity contribution is 0.750. The number of pyridine rings is 1. The summed E-state index contributed by atoms with van der Waals surface area (Å²) in [7, 11) is 0. The topological polar surface area (TPSA) is 63.6 Å². The maximum Gasteiger partial charge on any atom is 0.252 e. The van der Waals surface area contributed by atoms with Gasteiger partial charge in [-0.2, -0.15) is 10.4 Å². The van der Waals surface area contributed by atoms with Gasteiger partial charge in [0.1, 0.15) is 5.65 Å². The van der Waals surface area contributed by atoms with Crippen molar-refractivity contribution < 1.29 is 0 Å². The number of rotatable bonds is 4. The molecule has 5 heteroatoms. The van der Waals surface area contributed by atoms with Gasteiger partial charge in [0.05, 0.1) is 29.6 Å². The molecule has 0 bridgehead atoms. The molecule has 4 rings (SSSR count). The number of benzene rings is 2. The molecule has 0 unspecified atom stereocenters. The Labute approximate surface area is 169 Å². The molecule has 0 aliphatic carbocycles. The molecule has 144 valence electrons. The Kier molecular flexibility index (Phi) is 4.77. The number of hydrogen-bond acceptors (Lipinski definition) is 3. The van der Waals surface area contributed by atoms with Crippen molar-refractivity contribution in [3.8, 4) is 11.8 Å². The molecule has 0 spiro atoms. The summed E-state index contributed by atoms with van der Waals surface area (Å²) in [5.41, 5.74) is 6.30. The minimum absolute atomic E-state index is 0.0642. The molecular weight excluding hydrogens is 360 g/mol. The molecule has 0 saturated carbocycles. The molecule has 0 aliphatic heterocycles. The van der Waals surface area contributed by atoms with E-state index in [4.69, 9.17) is 10.4 Å². The highest BCUT2D eigenvalue weighted by Crippen LogP contribution is 2.24. The van der Waals surface area contributed by atoms with Crippen LogP contribution >= 0.6 is 0 Å². The summed E-state index contributed by atoms with van der Waals surface area (Å²) in [5, 5.41) is 14.8. The van der Waals surface area contributed by atoms with Crippen molar-refractivity contribution in [2.24, 2.45) is 0 Å². The van der Waals surface area contributed by atoms with Crippen molar-refractivity contribution in [3.05, 3.63) is 92.9 Å². The largest absolute Gasteiger partial charge is 0.288 e. The van der Waals surface area contributed by atoms with Gasteiger partial charge in [0.15, 0.2) is 0 Å². The van der Waals surface area contributed by atoms with Crippen molar-refractivity contribution in [1.29, 1.82) is 5.26 Å². The first-order chi connectivity index (χ1) is 14.0. The van der Waals surface area contributed by atoms with E-state index in [0.29, 0.717) is 12.1 Å². The van der Waals surface area contributed by atoms with Crippen molar-refractivity contribution in [1.82, 2.24) is 14.3 Å². The lowest BCUT2D eigenvalue weighted by Crippen LogP contribution is -2.22. The molecule has 4 aromatic rings. The Morgan fingerprint density at radius 2 is 1.66 bits per heavy atom. The van der Waals surface area contributed by atoms with Gasteiger partial charge in [-0.1, -0.05) is 31.2 Å². The zero-order chi connectivity index (χ0) is 20.5. The molecular formula is C24H22N4O. The first-order valence-electron chi connectivity index (χ1n) is 9.70. The smallest absolute Gasteiger partial charge is 0.252 e. The van der Waals surface area contributed by atoms with Crippen LogP contribution in [0, 0.1) is 25.2 Å². The first kappa shape index (κ1) is 18.7. The van der Waals surface area contributed by atoms with Crippen LogP contribution in [0.3, 0.4) is 0 Å².